The summed E-state index contributed by atoms with van der Waals surface area (Å²) < 4.78 is 5.52. The van der Waals surface area contributed by atoms with Crippen molar-refractivity contribution >= 4 is 17.0 Å². The van der Waals surface area contributed by atoms with Gasteiger partial charge in [0.25, 0.3) is 0 Å². The van der Waals surface area contributed by atoms with E-state index in [0.717, 1.165) is 52.5 Å². The average molecular weight is 398 g/mol. The van der Waals surface area contributed by atoms with Crippen LogP contribution < -0.4 is 4.90 Å². The first-order valence-corrected chi connectivity index (χ1v) is 10.4. The minimum atomic E-state index is 0.661. The number of hydrogen-bond donors (Lipinski definition) is 1. The van der Waals surface area contributed by atoms with Gasteiger partial charge in [-0.25, -0.2) is 9.97 Å². The van der Waals surface area contributed by atoms with Crippen molar-refractivity contribution in [2.24, 2.45) is 0 Å². The monoisotopic (exact) mass is 398 g/mol. The number of rotatable bonds is 4. The summed E-state index contributed by atoms with van der Waals surface area (Å²) in [5.41, 5.74) is 7.24. The van der Waals surface area contributed by atoms with E-state index in [1.165, 1.54) is 18.4 Å². The third kappa shape index (κ3) is 3.11. The van der Waals surface area contributed by atoms with Crippen LogP contribution in [-0.4, -0.2) is 51.2 Å². The number of ether oxygens (including phenoxy) is 1. The molecule has 0 radical (unpaired) electrons. The van der Waals surface area contributed by atoms with E-state index in [1.54, 1.807) is 12.4 Å². The first-order valence-electron chi connectivity index (χ1n) is 10.4. The highest BCUT2D eigenvalue weighted by Gasteiger charge is 2.25. The topological polar surface area (TPSA) is 79.8 Å². The molecule has 1 aliphatic heterocycles. The van der Waals surface area contributed by atoms with Crippen LogP contribution in [0.5, 0.6) is 0 Å². The number of pyridine rings is 2. The van der Waals surface area contributed by atoms with Gasteiger partial charge in [0.1, 0.15) is 11.2 Å². The van der Waals surface area contributed by atoms with Crippen LogP contribution in [0.15, 0.2) is 49.2 Å². The quantitative estimate of drug-likeness (QED) is 0.563. The largest absolute Gasteiger partial charge is 0.378 e. The van der Waals surface area contributed by atoms with Crippen LogP contribution >= 0.6 is 0 Å². The normalized spacial score (nSPS) is 16.9. The molecule has 30 heavy (non-hydrogen) atoms. The van der Waals surface area contributed by atoms with Crippen molar-refractivity contribution in [1.82, 2.24) is 24.9 Å². The SMILES string of the molecule is c1cc(-c2nc(N3CCOCC3)nc3c(-c4cncc(C5CC5)c4)c[nH]c23)ccn1. The van der Waals surface area contributed by atoms with Gasteiger partial charge in [0.05, 0.1) is 18.7 Å². The van der Waals surface area contributed by atoms with Crippen molar-refractivity contribution in [2.75, 3.05) is 31.2 Å². The molecule has 2 fully saturated rings. The molecule has 0 unspecified atom stereocenters. The Hall–Kier alpha value is -3.32. The summed E-state index contributed by atoms with van der Waals surface area (Å²) in [4.78, 5) is 24.2. The summed E-state index contributed by atoms with van der Waals surface area (Å²) in [7, 11) is 0. The molecule has 6 rings (SSSR count). The fourth-order valence-electron chi connectivity index (χ4n) is 4.08. The Morgan fingerprint density at radius 2 is 1.80 bits per heavy atom. The molecule has 0 spiro atoms. The molecule has 2 aliphatic rings. The van der Waals surface area contributed by atoms with Gasteiger partial charge in [-0.3, -0.25) is 9.97 Å². The van der Waals surface area contributed by atoms with E-state index in [0.29, 0.717) is 19.1 Å². The summed E-state index contributed by atoms with van der Waals surface area (Å²) in [6.45, 7) is 2.97. The van der Waals surface area contributed by atoms with E-state index in [9.17, 15) is 0 Å². The minimum absolute atomic E-state index is 0.661. The molecule has 0 bridgehead atoms. The van der Waals surface area contributed by atoms with Crippen LogP contribution in [0.4, 0.5) is 5.95 Å². The van der Waals surface area contributed by atoms with Crippen LogP contribution in [0.2, 0.25) is 0 Å². The molecular weight excluding hydrogens is 376 g/mol. The molecule has 4 aromatic rings. The summed E-state index contributed by atoms with van der Waals surface area (Å²) in [5, 5.41) is 0. The molecule has 1 N–H and O–H groups in total. The van der Waals surface area contributed by atoms with Gasteiger partial charge < -0.3 is 14.6 Å². The molecule has 1 saturated heterocycles. The molecular formula is C23H22N6O. The molecule has 0 aromatic carbocycles. The molecule has 1 saturated carbocycles. The first kappa shape index (κ1) is 17.5. The number of aromatic amines is 1. The predicted molar refractivity (Wildman–Crippen MR) is 115 cm³/mol. The lowest BCUT2D eigenvalue weighted by Crippen LogP contribution is -2.37. The lowest BCUT2D eigenvalue weighted by atomic mass is 10.1. The van der Waals surface area contributed by atoms with Gasteiger partial charge in [0.2, 0.25) is 5.95 Å². The smallest absolute Gasteiger partial charge is 0.226 e. The fraction of sp³-hybridized carbons (Fsp3) is 0.304. The van der Waals surface area contributed by atoms with E-state index in [-0.39, 0.29) is 0 Å². The van der Waals surface area contributed by atoms with Crippen molar-refractivity contribution in [1.29, 1.82) is 0 Å². The molecule has 7 nitrogen and oxygen atoms in total. The van der Waals surface area contributed by atoms with Gasteiger partial charge in [-0.1, -0.05) is 0 Å². The van der Waals surface area contributed by atoms with Gasteiger partial charge >= 0.3 is 0 Å². The number of hydrogen-bond acceptors (Lipinski definition) is 6. The predicted octanol–water partition coefficient (Wildman–Crippen LogP) is 3.80. The Kier molecular flexibility index (Phi) is 4.19. The highest BCUT2D eigenvalue weighted by molar-refractivity contribution is 5.99. The van der Waals surface area contributed by atoms with Crippen LogP contribution in [0, 0.1) is 0 Å². The lowest BCUT2D eigenvalue weighted by Gasteiger charge is -2.27. The van der Waals surface area contributed by atoms with Gasteiger partial charge in [0.15, 0.2) is 0 Å². The van der Waals surface area contributed by atoms with Crippen molar-refractivity contribution in [3.8, 4) is 22.4 Å². The second-order valence-electron chi connectivity index (χ2n) is 7.91. The maximum absolute atomic E-state index is 5.52. The van der Waals surface area contributed by atoms with Crippen molar-refractivity contribution in [2.45, 2.75) is 18.8 Å². The van der Waals surface area contributed by atoms with Gasteiger partial charge in [0, 0.05) is 60.8 Å². The highest BCUT2D eigenvalue weighted by Crippen LogP contribution is 2.41. The number of fused-ring (bicyclic) bond motifs is 1. The average Bonchev–Trinajstić information content (AvgIpc) is 3.59. The Morgan fingerprint density at radius 1 is 0.967 bits per heavy atom. The Labute approximate surface area is 174 Å². The summed E-state index contributed by atoms with van der Waals surface area (Å²) in [6.07, 6.45) is 12.1. The third-order valence-electron chi connectivity index (χ3n) is 5.88. The van der Waals surface area contributed by atoms with Crippen molar-refractivity contribution < 1.29 is 4.74 Å². The van der Waals surface area contributed by atoms with Crippen LogP contribution in [-0.2, 0) is 4.74 Å². The van der Waals surface area contributed by atoms with Crippen LogP contribution in [0.3, 0.4) is 0 Å². The van der Waals surface area contributed by atoms with Gasteiger partial charge in [-0.2, -0.15) is 0 Å². The molecule has 4 aromatic heterocycles. The lowest BCUT2D eigenvalue weighted by molar-refractivity contribution is 0.122. The molecule has 1 aliphatic carbocycles. The van der Waals surface area contributed by atoms with Crippen LogP contribution in [0.1, 0.15) is 24.3 Å². The maximum Gasteiger partial charge on any atom is 0.226 e. The molecule has 150 valence electrons. The van der Waals surface area contributed by atoms with E-state index in [1.807, 2.05) is 30.7 Å². The van der Waals surface area contributed by atoms with E-state index < -0.39 is 0 Å². The summed E-state index contributed by atoms with van der Waals surface area (Å²) in [6, 6.07) is 6.23. The van der Waals surface area contributed by atoms with Crippen LogP contribution in [0.25, 0.3) is 33.4 Å². The van der Waals surface area contributed by atoms with E-state index in [4.69, 9.17) is 14.7 Å². The number of aromatic nitrogens is 5. The molecule has 0 amide bonds. The number of morpholine rings is 1. The molecule has 7 heteroatoms. The van der Waals surface area contributed by atoms with Crippen molar-refractivity contribution in [3.63, 3.8) is 0 Å². The second-order valence-corrected chi connectivity index (χ2v) is 7.91. The Bertz CT molecular complexity index is 1200. The number of anilines is 1. The summed E-state index contributed by atoms with van der Waals surface area (Å²) in [5.74, 6) is 1.40. The number of nitrogens with one attached hydrogen (secondary N) is 1. The standard InChI is InChI=1S/C23H22N6O/c1-2-15(1)17-11-18(13-25-12-17)19-14-26-22-20(16-3-5-24-6-4-16)27-23(28-21(19)22)29-7-9-30-10-8-29/h3-6,11-15,26H,1-2,7-10H2. The van der Waals surface area contributed by atoms with Gasteiger partial charge in [-0.15, -0.1) is 0 Å². The van der Waals surface area contributed by atoms with E-state index >= 15 is 0 Å². The number of nitrogens with zero attached hydrogens (tertiary/aromatic N) is 5. The van der Waals surface area contributed by atoms with Crippen molar-refractivity contribution in [3.05, 3.63) is 54.7 Å². The Morgan fingerprint density at radius 3 is 2.60 bits per heavy atom. The highest BCUT2D eigenvalue weighted by atomic mass is 16.5. The zero-order valence-electron chi connectivity index (χ0n) is 16.6. The zero-order chi connectivity index (χ0) is 19.9. The third-order valence-corrected chi connectivity index (χ3v) is 5.88. The van der Waals surface area contributed by atoms with E-state index in [2.05, 4.69) is 25.9 Å². The number of H-pyrrole nitrogens is 1. The minimum Gasteiger partial charge on any atom is -0.378 e. The molecule has 0 atom stereocenters. The Balaban J connectivity index is 1.54. The molecule has 5 heterocycles. The van der Waals surface area contributed by atoms with Gasteiger partial charge in [-0.05, 0) is 42.5 Å². The fourth-order valence-corrected chi connectivity index (χ4v) is 4.08. The zero-order valence-corrected chi connectivity index (χ0v) is 16.6. The second kappa shape index (κ2) is 7.18. The summed E-state index contributed by atoms with van der Waals surface area (Å²) >= 11 is 0. The first-order chi connectivity index (χ1) is 14.9. The maximum atomic E-state index is 5.52.